The molecular weight excluding hydrogens is 196 g/mol. The third kappa shape index (κ3) is 3.47. The van der Waals surface area contributed by atoms with Crippen LogP contribution < -0.4 is 0 Å². The number of alkyl halides is 4. The molecule has 0 atom stereocenters. The Kier molecular flexibility index (Phi) is 3.50. The largest absolute Gasteiger partial charge is 0.513 e. The van der Waals surface area contributed by atoms with E-state index in [1.807, 2.05) is 0 Å². The third-order valence-corrected chi connectivity index (χ3v) is 0.985. The van der Waals surface area contributed by atoms with Gasteiger partial charge in [0.1, 0.15) is 0 Å². The van der Waals surface area contributed by atoms with E-state index in [0.29, 0.717) is 0 Å². The van der Waals surface area contributed by atoms with Crippen LogP contribution in [0.4, 0.5) is 22.4 Å². The number of carbonyl (C=O) groups is 1. The summed E-state index contributed by atoms with van der Waals surface area (Å²) >= 11 is 0. The van der Waals surface area contributed by atoms with Crippen LogP contribution in [-0.2, 0) is 9.47 Å². The molecule has 7 heteroatoms. The minimum Gasteiger partial charge on any atom is -0.434 e. The molecule has 0 amide bonds. The average Bonchev–Trinajstić information content (AvgIpc) is 1.83. The minimum atomic E-state index is -4.85. The molecule has 0 aromatic heterocycles. The number of carbonyl (C=O) groups excluding carboxylic acids is 1. The SMILES string of the molecule is CCOC(=O)OC(F)(F)C(C)(F)F. The van der Waals surface area contributed by atoms with Crippen LogP contribution in [0.25, 0.3) is 0 Å². The number of rotatable bonds is 3. The highest BCUT2D eigenvalue weighted by atomic mass is 19.3. The van der Waals surface area contributed by atoms with Gasteiger partial charge in [-0.1, -0.05) is 0 Å². The predicted octanol–water partition coefficient (Wildman–Crippen LogP) is 2.41. The predicted molar refractivity (Wildman–Crippen MR) is 33.7 cm³/mol. The molecule has 3 nitrogen and oxygen atoms in total. The highest BCUT2D eigenvalue weighted by molar-refractivity contribution is 5.60. The molecule has 0 bridgehead atoms. The summed E-state index contributed by atoms with van der Waals surface area (Å²) in [7, 11) is 0. The topological polar surface area (TPSA) is 35.5 Å². The molecule has 0 heterocycles. The zero-order valence-corrected chi connectivity index (χ0v) is 6.94. The van der Waals surface area contributed by atoms with Gasteiger partial charge in [0.15, 0.2) is 0 Å². The summed E-state index contributed by atoms with van der Waals surface area (Å²) in [5.74, 6) is -4.43. The van der Waals surface area contributed by atoms with Crippen molar-refractivity contribution in [1.29, 1.82) is 0 Å². The summed E-state index contributed by atoms with van der Waals surface area (Å²) in [6.07, 6.45) is -6.67. The van der Waals surface area contributed by atoms with E-state index < -0.39 is 18.2 Å². The van der Waals surface area contributed by atoms with Crippen LogP contribution in [0.2, 0.25) is 0 Å². The molecule has 78 valence electrons. The van der Waals surface area contributed by atoms with E-state index in [9.17, 15) is 22.4 Å². The molecule has 0 radical (unpaired) electrons. The van der Waals surface area contributed by atoms with Crippen molar-refractivity contribution in [2.45, 2.75) is 25.9 Å². The Hall–Kier alpha value is -1.01. The molecule has 0 unspecified atom stereocenters. The third-order valence-electron chi connectivity index (χ3n) is 0.985. The van der Waals surface area contributed by atoms with E-state index in [1.165, 1.54) is 6.92 Å². The molecule has 13 heavy (non-hydrogen) atoms. The monoisotopic (exact) mass is 204 g/mol. The van der Waals surface area contributed by atoms with Crippen molar-refractivity contribution in [3.63, 3.8) is 0 Å². The molecule has 0 aromatic rings. The Morgan fingerprint density at radius 2 is 1.77 bits per heavy atom. The van der Waals surface area contributed by atoms with Gasteiger partial charge in [0, 0.05) is 6.92 Å². The normalized spacial score (nSPS) is 12.5. The van der Waals surface area contributed by atoms with E-state index >= 15 is 0 Å². The van der Waals surface area contributed by atoms with E-state index in [2.05, 4.69) is 9.47 Å². The van der Waals surface area contributed by atoms with E-state index in [1.54, 1.807) is 0 Å². The Morgan fingerprint density at radius 1 is 1.31 bits per heavy atom. The second-order valence-electron chi connectivity index (χ2n) is 2.19. The molecule has 0 spiro atoms. The fraction of sp³-hybridized carbons (Fsp3) is 0.833. The second-order valence-corrected chi connectivity index (χ2v) is 2.19. The van der Waals surface area contributed by atoms with Gasteiger partial charge in [0.2, 0.25) is 0 Å². The molecule has 0 aliphatic heterocycles. The van der Waals surface area contributed by atoms with Crippen molar-refractivity contribution in [1.82, 2.24) is 0 Å². The van der Waals surface area contributed by atoms with Gasteiger partial charge in [0.25, 0.3) is 0 Å². The molecular formula is C6H8F4O3. The summed E-state index contributed by atoms with van der Waals surface area (Å²) in [5.41, 5.74) is 0. The first-order chi connectivity index (χ1) is 5.70. The Balaban J connectivity index is 4.26. The second kappa shape index (κ2) is 3.80. The summed E-state index contributed by atoms with van der Waals surface area (Å²) in [6.45, 7) is 1.03. The lowest BCUT2D eigenvalue weighted by Crippen LogP contribution is -2.42. The fourth-order valence-corrected chi connectivity index (χ4v) is 0.342. The molecule has 0 rings (SSSR count). The minimum absolute atomic E-state index is 0.0633. The average molecular weight is 204 g/mol. The molecule has 0 aliphatic carbocycles. The summed E-state index contributed by atoms with van der Waals surface area (Å²) in [5, 5.41) is 0. The number of ether oxygens (including phenoxy) is 2. The van der Waals surface area contributed by atoms with Crippen LogP contribution in [0, 0.1) is 0 Å². The van der Waals surface area contributed by atoms with Gasteiger partial charge in [-0.25, -0.2) is 4.79 Å². The van der Waals surface area contributed by atoms with Gasteiger partial charge in [-0.2, -0.15) is 17.6 Å². The molecule has 0 aliphatic rings. The van der Waals surface area contributed by atoms with Crippen molar-refractivity contribution >= 4 is 6.16 Å². The Labute approximate surface area is 71.6 Å². The van der Waals surface area contributed by atoms with Crippen molar-refractivity contribution in [2.75, 3.05) is 6.61 Å². The van der Waals surface area contributed by atoms with E-state index in [-0.39, 0.29) is 13.5 Å². The Morgan fingerprint density at radius 3 is 2.08 bits per heavy atom. The van der Waals surface area contributed by atoms with Crippen LogP contribution in [0.15, 0.2) is 0 Å². The zero-order valence-electron chi connectivity index (χ0n) is 6.94. The van der Waals surface area contributed by atoms with Crippen LogP contribution in [0.1, 0.15) is 13.8 Å². The highest BCUT2D eigenvalue weighted by Gasteiger charge is 2.57. The number of hydrogen-bond acceptors (Lipinski definition) is 3. The summed E-state index contributed by atoms with van der Waals surface area (Å²) in [4.78, 5) is 10.2. The van der Waals surface area contributed by atoms with Crippen molar-refractivity contribution in [3.8, 4) is 0 Å². The summed E-state index contributed by atoms with van der Waals surface area (Å²) in [6, 6.07) is 0. The first kappa shape index (κ1) is 12.0. The van der Waals surface area contributed by atoms with Gasteiger partial charge in [0.05, 0.1) is 6.61 Å². The van der Waals surface area contributed by atoms with E-state index in [0.717, 1.165) is 0 Å². The molecule has 0 saturated heterocycles. The van der Waals surface area contributed by atoms with Gasteiger partial charge in [-0.05, 0) is 6.92 Å². The van der Waals surface area contributed by atoms with Crippen LogP contribution in [0.3, 0.4) is 0 Å². The highest BCUT2D eigenvalue weighted by Crippen LogP contribution is 2.34. The van der Waals surface area contributed by atoms with E-state index in [4.69, 9.17) is 0 Å². The van der Waals surface area contributed by atoms with Crippen LogP contribution in [-0.4, -0.2) is 24.8 Å². The van der Waals surface area contributed by atoms with Crippen molar-refractivity contribution < 1.29 is 31.8 Å². The summed E-state index contributed by atoms with van der Waals surface area (Å²) < 4.78 is 55.5. The maximum atomic E-state index is 12.2. The first-order valence-corrected chi connectivity index (χ1v) is 3.32. The van der Waals surface area contributed by atoms with Gasteiger partial charge in [-0.3, -0.25) is 0 Å². The quantitative estimate of drug-likeness (QED) is 0.523. The maximum absolute atomic E-state index is 12.2. The van der Waals surface area contributed by atoms with Crippen LogP contribution >= 0.6 is 0 Å². The number of halogens is 4. The molecule has 0 N–H and O–H groups in total. The van der Waals surface area contributed by atoms with Gasteiger partial charge >= 0.3 is 18.2 Å². The molecule has 0 fully saturated rings. The first-order valence-electron chi connectivity index (χ1n) is 3.32. The van der Waals surface area contributed by atoms with Gasteiger partial charge < -0.3 is 9.47 Å². The fourth-order valence-electron chi connectivity index (χ4n) is 0.342. The van der Waals surface area contributed by atoms with Crippen molar-refractivity contribution in [3.05, 3.63) is 0 Å². The van der Waals surface area contributed by atoms with Crippen molar-refractivity contribution in [2.24, 2.45) is 0 Å². The lowest BCUT2D eigenvalue weighted by Gasteiger charge is -2.21. The lowest BCUT2D eigenvalue weighted by atomic mass is 10.4. The van der Waals surface area contributed by atoms with Crippen LogP contribution in [0.5, 0.6) is 0 Å². The smallest absolute Gasteiger partial charge is 0.434 e. The molecule has 0 saturated carbocycles. The zero-order chi connectivity index (χ0) is 10.7. The lowest BCUT2D eigenvalue weighted by molar-refractivity contribution is -0.320. The number of hydrogen-bond donors (Lipinski definition) is 0. The maximum Gasteiger partial charge on any atom is 0.513 e. The van der Waals surface area contributed by atoms with Gasteiger partial charge in [-0.15, -0.1) is 0 Å². The standard InChI is InChI=1S/C6H8F4O3/c1-3-12-4(11)13-6(9,10)5(2,7)8/h3H2,1-2H3. The molecule has 0 aromatic carbocycles. The Bertz CT molecular complexity index is 187.